The molecule has 0 spiro atoms. The number of rotatable bonds is 3. The van der Waals surface area contributed by atoms with Crippen molar-refractivity contribution in [3.63, 3.8) is 0 Å². The van der Waals surface area contributed by atoms with Gasteiger partial charge in [0.05, 0.1) is 19.1 Å². The Hall–Kier alpha value is -2.73. The minimum atomic E-state index is -0.202. The molecule has 2 aliphatic rings. The Labute approximate surface area is 162 Å². The first-order valence-corrected chi connectivity index (χ1v) is 9.56. The van der Waals surface area contributed by atoms with Gasteiger partial charge in [0.2, 0.25) is 0 Å². The maximum atomic E-state index is 12.4. The number of methoxy groups -OCH3 is 2. The lowest BCUT2D eigenvalue weighted by Gasteiger charge is -2.29. The van der Waals surface area contributed by atoms with Gasteiger partial charge >= 0.3 is 0 Å². The van der Waals surface area contributed by atoms with Crippen molar-refractivity contribution in [2.45, 2.75) is 13.0 Å². The van der Waals surface area contributed by atoms with Crippen LogP contribution in [0.3, 0.4) is 0 Å². The monoisotopic (exact) mass is 380 g/mol. The molecule has 0 atom stereocenters. The second kappa shape index (κ2) is 7.48. The van der Waals surface area contributed by atoms with Crippen LogP contribution in [-0.2, 0) is 17.8 Å². The van der Waals surface area contributed by atoms with Gasteiger partial charge < -0.3 is 14.4 Å². The molecule has 4 rings (SSSR count). The van der Waals surface area contributed by atoms with E-state index >= 15 is 0 Å². The Morgan fingerprint density at radius 1 is 1.11 bits per heavy atom. The van der Waals surface area contributed by atoms with Gasteiger partial charge in [-0.1, -0.05) is 24.3 Å². The molecule has 2 aromatic rings. The lowest BCUT2D eigenvalue weighted by molar-refractivity contribution is -0.113. The average molecular weight is 380 g/mol. The highest BCUT2D eigenvalue weighted by Gasteiger charge is 2.28. The fraction of sp³-hybridized carbons (Fsp3) is 0.238. The van der Waals surface area contributed by atoms with Crippen molar-refractivity contribution < 1.29 is 14.3 Å². The second-order valence-corrected chi connectivity index (χ2v) is 7.37. The van der Waals surface area contributed by atoms with Gasteiger partial charge in [-0.25, -0.2) is 0 Å². The summed E-state index contributed by atoms with van der Waals surface area (Å²) in [5, 5.41) is 0.772. The van der Waals surface area contributed by atoms with Crippen LogP contribution in [0.15, 0.2) is 52.4 Å². The lowest BCUT2D eigenvalue weighted by Crippen LogP contribution is -2.33. The molecule has 0 unspecified atom stereocenters. The Morgan fingerprint density at radius 3 is 2.70 bits per heavy atom. The minimum absolute atomic E-state index is 0.202. The molecule has 0 aliphatic carbocycles. The van der Waals surface area contributed by atoms with Crippen LogP contribution in [0.25, 0.3) is 6.08 Å². The van der Waals surface area contributed by atoms with Crippen molar-refractivity contribution in [3.05, 3.63) is 64.1 Å². The largest absolute Gasteiger partial charge is 0.497 e. The number of thioether (sulfide) groups is 1. The Morgan fingerprint density at radius 2 is 1.93 bits per heavy atom. The van der Waals surface area contributed by atoms with Gasteiger partial charge in [0, 0.05) is 24.7 Å². The molecule has 2 aliphatic heterocycles. The smallest absolute Gasteiger partial charge is 0.286 e. The number of nitrogens with zero attached hydrogens (tertiary/aromatic N) is 2. The van der Waals surface area contributed by atoms with Crippen molar-refractivity contribution >= 4 is 28.9 Å². The van der Waals surface area contributed by atoms with Crippen molar-refractivity contribution in [1.29, 1.82) is 0 Å². The summed E-state index contributed by atoms with van der Waals surface area (Å²) >= 11 is 1.42. The van der Waals surface area contributed by atoms with E-state index in [2.05, 4.69) is 34.2 Å². The highest BCUT2D eigenvalue weighted by molar-refractivity contribution is 8.18. The molecule has 1 amide bonds. The van der Waals surface area contributed by atoms with E-state index in [1.54, 1.807) is 20.3 Å². The molecule has 5 nitrogen and oxygen atoms in total. The van der Waals surface area contributed by atoms with Crippen molar-refractivity contribution in [1.82, 2.24) is 4.90 Å². The van der Waals surface area contributed by atoms with Crippen LogP contribution in [-0.4, -0.2) is 36.7 Å². The summed E-state index contributed by atoms with van der Waals surface area (Å²) in [5.74, 6) is 1.17. The van der Waals surface area contributed by atoms with Gasteiger partial charge in [0.15, 0.2) is 5.17 Å². The van der Waals surface area contributed by atoms with Crippen LogP contribution in [0.4, 0.5) is 0 Å². The molecular weight excluding hydrogens is 360 g/mol. The normalized spacial score (nSPS) is 17.7. The fourth-order valence-corrected chi connectivity index (χ4v) is 4.20. The predicted octanol–water partition coefficient (Wildman–Crippen LogP) is 3.73. The van der Waals surface area contributed by atoms with Gasteiger partial charge in [0.1, 0.15) is 11.5 Å². The molecular formula is C21H20N2O3S. The van der Waals surface area contributed by atoms with Crippen LogP contribution < -0.4 is 9.47 Å². The van der Waals surface area contributed by atoms with E-state index in [-0.39, 0.29) is 5.91 Å². The number of ether oxygens (including phenoxy) is 2. The Balaban J connectivity index is 1.54. The molecule has 138 valence electrons. The predicted molar refractivity (Wildman–Crippen MR) is 108 cm³/mol. The molecule has 2 aromatic carbocycles. The summed E-state index contributed by atoms with van der Waals surface area (Å²) < 4.78 is 10.6. The number of benzene rings is 2. The molecule has 0 N–H and O–H groups in total. The van der Waals surface area contributed by atoms with E-state index in [4.69, 9.17) is 9.47 Å². The lowest BCUT2D eigenvalue weighted by atomic mass is 10.0. The quantitative estimate of drug-likeness (QED) is 0.760. The number of fused-ring (bicyclic) bond motifs is 1. The third kappa shape index (κ3) is 3.57. The van der Waals surface area contributed by atoms with Gasteiger partial charge in [-0.3, -0.25) is 4.79 Å². The minimum Gasteiger partial charge on any atom is -0.497 e. The highest BCUT2D eigenvalue weighted by Crippen LogP contribution is 2.35. The second-order valence-electron chi connectivity index (χ2n) is 6.36. The first-order chi connectivity index (χ1) is 13.2. The van der Waals surface area contributed by atoms with Crippen LogP contribution in [0.2, 0.25) is 0 Å². The maximum Gasteiger partial charge on any atom is 0.286 e. The third-order valence-electron chi connectivity index (χ3n) is 4.74. The molecule has 27 heavy (non-hydrogen) atoms. The molecule has 0 fully saturated rings. The van der Waals surface area contributed by atoms with Gasteiger partial charge in [0.25, 0.3) is 5.91 Å². The number of hydrogen-bond donors (Lipinski definition) is 0. The van der Waals surface area contributed by atoms with E-state index in [0.717, 1.165) is 30.2 Å². The number of aliphatic imine (C=N–C) groups is 1. The highest BCUT2D eigenvalue weighted by atomic mass is 32.2. The van der Waals surface area contributed by atoms with Crippen LogP contribution in [0, 0.1) is 0 Å². The SMILES string of the molecule is COc1ccc(/C=C2/SC(N3CCc4ccccc4C3)=NC2=O)c(OC)c1. The average Bonchev–Trinajstić information content (AvgIpc) is 3.08. The number of amides is 1. The summed E-state index contributed by atoms with van der Waals surface area (Å²) in [7, 11) is 3.22. The number of carbonyl (C=O) groups excluding carboxylic acids is 1. The van der Waals surface area contributed by atoms with Crippen molar-refractivity contribution in [3.8, 4) is 11.5 Å². The topological polar surface area (TPSA) is 51.1 Å². The summed E-state index contributed by atoms with van der Waals surface area (Å²) in [5.41, 5.74) is 3.51. The fourth-order valence-electron chi connectivity index (χ4n) is 3.27. The van der Waals surface area contributed by atoms with Crippen molar-refractivity contribution in [2.75, 3.05) is 20.8 Å². The first kappa shape index (κ1) is 17.7. The van der Waals surface area contributed by atoms with Gasteiger partial charge in [-0.2, -0.15) is 4.99 Å². The van der Waals surface area contributed by atoms with E-state index in [1.807, 2.05) is 18.2 Å². The Kier molecular flexibility index (Phi) is 4.90. The van der Waals surface area contributed by atoms with E-state index in [1.165, 1.54) is 22.9 Å². The molecule has 6 heteroatoms. The number of amidine groups is 1. The standard InChI is InChI=1S/C21H20N2O3S/c1-25-17-8-7-15(18(12-17)26-2)11-19-20(24)22-21(27-19)23-10-9-14-5-3-4-6-16(14)13-23/h3-8,11-12H,9-10,13H2,1-2H3/b19-11+. The molecule has 0 saturated heterocycles. The zero-order valence-electron chi connectivity index (χ0n) is 15.3. The molecule has 0 bridgehead atoms. The summed E-state index contributed by atoms with van der Waals surface area (Å²) in [6.07, 6.45) is 2.80. The van der Waals surface area contributed by atoms with Crippen molar-refractivity contribution in [2.24, 2.45) is 4.99 Å². The number of hydrogen-bond acceptors (Lipinski definition) is 5. The zero-order valence-corrected chi connectivity index (χ0v) is 16.1. The number of carbonyl (C=O) groups is 1. The summed E-state index contributed by atoms with van der Waals surface area (Å²) in [4.78, 5) is 19.5. The molecule has 0 saturated carbocycles. The first-order valence-electron chi connectivity index (χ1n) is 8.74. The van der Waals surface area contributed by atoms with Crippen LogP contribution in [0.1, 0.15) is 16.7 Å². The molecule has 0 radical (unpaired) electrons. The maximum absolute atomic E-state index is 12.4. The van der Waals surface area contributed by atoms with E-state index in [0.29, 0.717) is 16.4 Å². The molecule has 0 aromatic heterocycles. The summed E-state index contributed by atoms with van der Waals surface area (Å²) in [6.45, 7) is 1.66. The third-order valence-corrected chi connectivity index (χ3v) is 5.78. The zero-order chi connectivity index (χ0) is 18.8. The van der Waals surface area contributed by atoms with Crippen LogP contribution in [0.5, 0.6) is 11.5 Å². The van der Waals surface area contributed by atoms with E-state index in [9.17, 15) is 4.79 Å². The summed E-state index contributed by atoms with van der Waals surface area (Å²) in [6, 6.07) is 14.0. The van der Waals surface area contributed by atoms with Gasteiger partial charge in [-0.15, -0.1) is 0 Å². The van der Waals surface area contributed by atoms with Gasteiger partial charge in [-0.05, 0) is 47.5 Å². The van der Waals surface area contributed by atoms with E-state index < -0.39 is 0 Å². The Bertz CT molecular complexity index is 952. The molecule has 2 heterocycles. The van der Waals surface area contributed by atoms with Crippen LogP contribution >= 0.6 is 11.8 Å².